The molecule has 2 atom stereocenters. The molecule has 1 saturated heterocycles. The number of ether oxygens (including phenoxy) is 2. The summed E-state index contributed by atoms with van der Waals surface area (Å²) in [6, 6.07) is 17.5. The van der Waals surface area contributed by atoms with Crippen LogP contribution in [0.25, 0.3) is 0 Å². The maximum atomic E-state index is 13.9. The third-order valence-corrected chi connectivity index (χ3v) is 9.08. The molecule has 5 rings (SSSR count). The summed E-state index contributed by atoms with van der Waals surface area (Å²) in [5.41, 5.74) is 0.945. The Labute approximate surface area is 303 Å². The van der Waals surface area contributed by atoms with Crippen molar-refractivity contribution >= 4 is 64.2 Å². The van der Waals surface area contributed by atoms with Crippen LogP contribution >= 0.6 is 23.3 Å². The van der Waals surface area contributed by atoms with Crippen molar-refractivity contribution in [3.8, 4) is 0 Å². The SMILES string of the molecule is C=CC1=C(C(=O)OC(c2ccccc2)c2ccccc2)N2C(=O)C(NC(=O)/C(=N/OCC(=O)OC(C)(C)C)c3nsc(N=CN(C)C)n3)[C@H]2SC1. The molecule has 0 aliphatic carbocycles. The largest absolute Gasteiger partial charge is 0.457 e. The lowest BCUT2D eigenvalue weighted by molar-refractivity contribution is -0.160. The van der Waals surface area contributed by atoms with Crippen LogP contribution in [0.4, 0.5) is 5.13 Å². The van der Waals surface area contributed by atoms with Crippen LogP contribution in [0.15, 0.2) is 94.7 Å². The van der Waals surface area contributed by atoms with Gasteiger partial charge in [-0.15, -0.1) is 11.8 Å². The molecule has 16 heteroatoms. The minimum absolute atomic E-state index is 0.0558. The van der Waals surface area contributed by atoms with E-state index in [4.69, 9.17) is 14.3 Å². The maximum Gasteiger partial charge on any atom is 0.356 e. The Hall–Kier alpha value is -5.35. The van der Waals surface area contributed by atoms with Gasteiger partial charge in [-0.2, -0.15) is 9.36 Å². The zero-order valence-electron chi connectivity index (χ0n) is 28.6. The summed E-state index contributed by atoms with van der Waals surface area (Å²) in [4.78, 5) is 70.2. The number of nitrogens with zero attached hydrogens (tertiary/aromatic N) is 6. The fourth-order valence-corrected chi connectivity index (χ4v) is 6.84. The first kappa shape index (κ1) is 36.9. The molecular formula is C35H37N7O7S2. The second-order valence-corrected chi connectivity index (χ2v) is 14.3. The van der Waals surface area contributed by atoms with Crippen molar-refractivity contribution in [1.29, 1.82) is 0 Å². The summed E-state index contributed by atoms with van der Waals surface area (Å²) in [5.74, 6) is -2.59. The molecule has 14 nitrogen and oxygen atoms in total. The topological polar surface area (TPSA) is 165 Å². The molecule has 0 saturated carbocycles. The first-order valence-electron chi connectivity index (χ1n) is 15.7. The van der Waals surface area contributed by atoms with Crippen molar-refractivity contribution in [2.24, 2.45) is 10.1 Å². The lowest BCUT2D eigenvalue weighted by Gasteiger charge is -2.49. The van der Waals surface area contributed by atoms with E-state index in [1.807, 2.05) is 60.7 Å². The summed E-state index contributed by atoms with van der Waals surface area (Å²) in [6.45, 7) is 8.37. The molecule has 3 aromatic rings. The van der Waals surface area contributed by atoms with Crippen molar-refractivity contribution < 1.29 is 33.5 Å². The summed E-state index contributed by atoms with van der Waals surface area (Å²) >= 11 is 2.26. The number of aromatic nitrogens is 2. The highest BCUT2D eigenvalue weighted by molar-refractivity contribution is 8.00. The molecule has 2 aliphatic rings. The number of hydrogen-bond donors (Lipinski definition) is 1. The van der Waals surface area contributed by atoms with E-state index in [1.54, 1.807) is 39.8 Å². The number of amides is 2. The molecule has 2 aromatic carbocycles. The van der Waals surface area contributed by atoms with Gasteiger partial charge in [0.05, 0.1) is 6.34 Å². The molecule has 1 unspecified atom stereocenters. The fourth-order valence-electron chi connectivity index (χ4n) is 4.98. The summed E-state index contributed by atoms with van der Waals surface area (Å²) in [7, 11) is 3.56. The van der Waals surface area contributed by atoms with Crippen LogP contribution in [-0.2, 0) is 33.5 Å². The van der Waals surface area contributed by atoms with E-state index in [1.165, 1.54) is 29.1 Å². The molecule has 0 bridgehead atoms. The zero-order valence-corrected chi connectivity index (χ0v) is 30.3. The van der Waals surface area contributed by atoms with Gasteiger partial charge in [0.25, 0.3) is 11.8 Å². The molecule has 51 heavy (non-hydrogen) atoms. The van der Waals surface area contributed by atoms with Crippen LogP contribution in [0.2, 0.25) is 0 Å². The Balaban J connectivity index is 1.35. The number of thioether (sulfide) groups is 1. The Morgan fingerprint density at radius 1 is 1.10 bits per heavy atom. The fraction of sp³-hybridized carbons (Fsp3) is 0.314. The van der Waals surface area contributed by atoms with Crippen molar-refractivity contribution in [2.75, 3.05) is 26.5 Å². The Bertz CT molecular complexity index is 1830. The molecule has 0 radical (unpaired) electrons. The van der Waals surface area contributed by atoms with Gasteiger partial charge in [-0.05, 0) is 37.5 Å². The van der Waals surface area contributed by atoms with Crippen LogP contribution in [0, 0.1) is 0 Å². The van der Waals surface area contributed by atoms with Gasteiger partial charge in [0.1, 0.15) is 22.7 Å². The van der Waals surface area contributed by atoms with Gasteiger partial charge in [0, 0.05) is 31.4 Å². The Morgan fingerprint density at radius 2 is 1.75 bits per heavy atom. The molecule has 266 valence electrons. The predicted octanol–water partition coefficient (Wildman–Crippen LogP) is 3.99. The summed E-state index contributed by atoms with van der Waals surface area (Å²) in [6.07, 6.45) is 2.30. The molecule has 0 spiro atoms. The van der Waals surface area contributed by atoms with E-state index in [0.29, 0.717) is 11.3 Å². The summed E-state index contributed by atoms with van der Waals surface area (Å²) < 4.78 is 15.5. The molecule has 1 N–H and O–H groups in total. The van der Waals surface area contributed by atoms with Crippen molar-refractivity contribution in [2.45, 2.75) is 43.9 Å². The number of nitrogens with one attached hydrogen (secondary N) is 1. The Kier molecular flexibility index (Phi) is 11.7. The normalized spacial score (nSPS) is 17.5. The first-order valence-corrected chi connectivity index (χ1v) is 17.6. The standard InChI is InChI=1S/C35H37N7O7S2/c1-7-21-19-50-32-26(31(45)42(32)27(21)33(46)48-28(22-14-10-8-11-15-22)23-16-12-9-13-17-23)37-30(44)25(39-47-18-24(43)49-35(2,3)4)29-38-34(51-40-29)36-20-41(5)6/h7-17,20,26,28,32H,1,18-19H2,2-6H3,(H,37,44)/b36-20?,39-25+/t26?,32-/m1/s1. The number of fused-ring (bicyclic) bond motifs is 1. The van der Waals surface area contributed by atoms with E-state index in [0.717, 1.165) is 22.7 Å². The monoisotopic (exact) mass is 731 g/mol. The molecule has 3 heterocycles. The van der Waals surface area contributed by atoms with E-state index in [9.17, 15) is 19.2 Å². The van der Waals surface area contributed by atoms with E-state index < -0.39 is 53.5 Å². The molecule has 2 amide bonds. The van der Waals surface area contributed by atoms with Crippen LogP contribution in [0.5, 0.6) is 0 Å². The highest BCUT2D eigenvalue weighted by Crippen LogP contribution is 2.42. The van der Waals surface area contributed by atoms with Crippen molar-refractivity contribution in [3.05, 3.63) is 102 Å². The van der Waals surface area contributed by atoms with Gasteiger partial charge in [-0.25, -0.2) is 14.6 Å². The van der Waals surface area contributed by atoms with Crippen LogP contribution in [-0.4, -0.2) is 98.4 Å². The quantitative estimate of drug-likeness (QED) is 0.0889. The number of aliphatic imine (C=N–C) groups is 1. The second kappa shape index (κ2) is 16.1. The van der Waals surface area contributed by atoms with Crippen LogP contribution < -0.4 is 5.32 Å². The smallest absolute Gasteiger partial charge is 0.356 e. The average molecular weight is 732 g/mol. The average Bonchev–Trinajstić information content (AvgIpc) is 3.58. The second-order valence-electron chi connectivity index (χ2n) is 12.5. The number of esters is 2. The van der Waals surface area contributed by atoms with Gasteiger partial charge < -0.3 is 24.5 Å². The lowest BCUT2D eigenvalue weighted by atomic mass is 10.0. The number of rotatable bonds is 13. The van der Waals surface area contributed by atoms with Crippen molar-refractivity contribution in [1.82, 2.24) is 24.5 Å². The first-order chi connectivity index (χ1) is 24.4. The number of hydrogen-bond acceptors (Lipinski definition) is 13. The van der Waals surface area contributed by atoms with Gasteiger partial charge in [0.2, 0.25) is 23.3 Å². The van der Waals surface area contributed by atoms with Crippen LogP contribution in [0.1, 0.15) is 43.8 Å². The molecular weight excluding hydrogens is 695 g/mol. The number of carbonyl (C=O) groups excluding carboxylic acids is 4. The van der Waals surface area contributed by atoms with Gasteiger partial charge in [-0.3, -0.25) is 14.5 Å². The minimum Gasteiger partial charge on any atom is -0.457 e. The zero-order chi connectivity index (χ0) is 36.7. The molecule has 2 aliphatic heterocycles. The summed E-state index contributed by atoms with van der Waals surface area (Å²) in [5, 5.41) is 6.14. The van der Waals surface area contributed by atoms with E-state index >= 15 is 0 Å². The number of carbonyl (C=O) groups is 4. The lowest BCUT2D eigenvalue weighted by Crippen LogP contribution is -2.71. The Morgan fingerprint density at radius 3 is 2.33 bits per heavy atom. The van der Waals surface area contributed by atoms with Crippen molar-refractivity contribution in [3.63, 3.8) is 0 Å². The third-order valence-electron chi connectivity index (χ3n) is 7.15. The number of oxime groups is 1. The van der Waals surface area contributed by atoms with Gasteiger partial charge in [-0.1, -0.05) is 78.5 Å². The van der Waals surface area contributed by atoms with Crippen LogP contribution in [0.3, 0.4) is 0 Å². The van der Waals surface area contributed by atoms with E-state index in [-0.39, 0.29) is 22.4 Å². The minimum atomic E-state index is -1.04. The number of benzene rings is 2. The highest BCUT2D eigenvalue weighted by atomic mass is 32.2. The molecule has 1 aromatic heterocycles. The molecule has 1 fully saturated rings. The predicted molar refractivity (Wildman–Crippen MR) is 193 cm³/mol. The van der Waals surface area contributed by atoms with Gasteiger partial charge >= 0.3 is 11.9 Å². The highest BCUT2D eigenvalue weighted by Gasteiger charge is 2.54. The number of β-lactam (4-membered cyclic amide) rings is 1. The van der Waals surface area contributed by atoms with Gasteiger partial charge in [0.15, 0.2) is 6.10 Å². The number of allylic oxidation sites excluding steroid dienone is 1. The maximum absolute atomic E-state index is 13.9. The van der Waals surface area contributed by atoms with E-state index in [2.05, 4.69) is 31.4 Å². The third kappa shape index (κ3) is 9.07.